The van der Waals surface area contributed by atoms with Crippen molar-refractivity contribution >= 4 is 11.7 Å². The Kier molecular flexibility index (Phi) is 6.25. The lowest BCUT2D eigenvalue weighted by Gasteiger charge is -2.07. The van der Waals surface area contributed by atoms with Crippen LogP contribution in [0.2, 0.25) is 0 Å². The maximum atomic E-state index is 12.1. The second-order valence-corrected chi connectivity index (χ2v) is 4.61. The van der Waals surface area contributed by atoms with Gasteiger partial charge in [-0.1, -0.05) is 6.07 Å². The summed E-state index contributed by atoms with van der Waals surface area (Å²) >= 11 is 0. The average molecular weight is 301 g/mol. The minimum absolute atomic E-state index is 0.244. The van der Waals surface area contributed by atoms with E-state index in [1.165, 1.54) is 6.33 Å². The lowest BCUT2D eigenvalue weighted by molar-refractivity contribution is 0.0945. The number of methoxy groups -OCH3 is 1. The summed E-state index contributed by atoms with van der Waals surface area (Å²) in [7, 11) is 1.66. The fourth-order valence-electron chi connectivity index (χ4n) is 1.79. The number of nitrogens with zero attached hydrogens (tertiary/aromatic N) is 3. The largest absolute Gasteiger partial charge is 0.385 e. The van der Waals surface area contributed by atoms with Crippen molar-refractivity contribution in [1.82, 2.24) is 20.3 Å². The first-order chi connectivity index (χ1) is 10.8. The van der Waals surface area contributed by atoms with Crippen LogP contribution >= 0.6 is 0 Å². The second kappa shape index (κ2) is 8.68. The van der Waals surface area contributed by atoms with Crippen molar-refractivity contribution in [1.29, 1.82) is 0 Å². The normalized spacial score (nSPS) is 10.2. The van der Waals surface area contributed by atoms with E-state index in [0.29, 0.717) is 24.7 Å². The first-order valence-corrected chi connectivity index (χ1v) is 7.01. The van der Waals surface area contributed by atoms with Crippen LogP contribution in [-0.4, -0.2) is 41.1 Å². The Balaban J connectivity index is 1.86. The smallest absolute Gasteiger partial charge is 0.270 e. The van der Waals surface area contributed by atoms with Gasteiger partial charge in [0, 0.05) is 45.3 Å². The Bertz CT molecular complexity index is 591. The summed E-state index contributed by atoms with van der Waals surface area (Å²) < 4.78 is 4.97. The molecule has 0 aliphatic carbocycles. The van der Waals surface area contributed by atoms with Crippen molar-refractivity contribution in [3.05, 3.63) is 48.2 Å². The van der Waals surface area contributed by atoms with E-state index in [1.807, 2.05) is 12.1 Å². The summed E-state index contributed by atoms with van der Waals surface area (Å²) in [5.74, 6) is 0.379. The van der Waals surface area contributed by atoms with Crippen LogP contribution in [0.1, 0.15) is 22.5 Å². The van der Waals surface area contributed by atoms with Crippen molar-refractivity contribution in [2.24, 2.45) is 0 Å². The Hall–Kier alpha value is -2.54. The molecule has 2 rings (SSSR count). The Morgan fingerprint density at radius 2 is 2.27 bits per heavy atom. The topological polar surface area (TPSA) is 89.0 Å². The van der Waals surface area contributed by atoms with Crippen LogP contribution in [0, 0.1) is 0 Å². The second-order valence-electron chi connectivity index (χ2n) is 4.61. The molecule has 2 N–H and O–H groups in total. The number of amides is 1. The molecule has 2 heterocycles. The molecule has 2 aromatic rings. The number of carbonyl (C=O) groups excluding carboxylic acids is 1. The van der Waals surface area contributed by atoms with Gasteiger partial charge in [-0.3, -0.25) is 9.78 Å². The van der Waals surface area contributed by atoms with Gasteiger partial charge in [0.05, 0.1) is 0 Å². The number of pyridine rings is 1. The van der Waals surface area contributed by atoms with E-state index in [2.05, 4.69) is 25.6 Å². The van der Waals surface area contributed by atoms with E-state index in [0.717, 1.165) is 18.5 Å². The maximum Gasteiger partial charge on any atom is 0.270 e. The van der Waals surface area contributed by atoms with Crippen molar-refractivity contribution < 1.29 is 9.53 Å². The molecule has 116 valence electrons. The van der Waals surface area contributed by atoms with Gasteiger partial charge in [-0.2, -0.15) is 0 Å². The minimum atomic E-state index is -0.244. The summed E-state index contributed by atoms with van der Waals surface area (Å²) in [5.41, 5.74) is 1.26. The minimum Gasteiger partial charge on any atom is -0.385 e. The van der Waals surface area contributed by atoms with Crippen molar-refractivity contribution in [3.63, 3.8) is 0 Å². The molecular weight excluding hydrogens is 282 g/mol. The molecule has 0 saturated carbocycles. The van der Waals surface area contributed by atoms with Gasteiger partial charge in [0.1, 0.15) is 17.8 Å². The molecule has 0 aliphatic rings. The monoisotopic (exact) mass is 301 g/mol. The van der Waals surface area contributed by atoms with E-state index in [4.69, 9.17) is 4.74 Å². The zero-order chi connectivity index (χ0) is 15.6. The van der Waals surface area contributed by atoms with Crippen molar-refractivity contribution in [3.8, 4) is 0 Å². The van der Waals surface area contributed by atoms with Crippen LogP contribution in [0.3, 0.4) is 0 Å². The third kappa shape index (κ3) is 5.10. The molecule has 0 radical (unpaired) electrons. The van der Waals surface area contributed by atoms with Crippen molar-refractivity contribution in [2.45, 2.75) is 13.0 Å². The number of carbonyl (C=O) groups is 1. The number of aromatic nitrogens is 3. The highest BCUT2D eigenvalue weighted by Crippen LogP contribution is 2.04. The van der Waals surface area contributed by atoms with Gasteiger partial charge < -0.3 is 15.4 Å². The number of nitrogens with one attached hydrogen (secondary N) is 2. The molecule has 0 spiro atoms. The van der Waals surface area contributed by atoms with Crippen LogP contribution in [0.5, 0.6) is 0 Å². The molecule has 0 fully saturated rings. The third-order valence-electron chi connectivity index (χ3n) is 2.91. The van der Waals surface area contributed by atoms with E-state index in [1.54, 1.807) is 25.6 Å². The first-order valence-electron chi connectivity index (χ1n) is 7.01. The molecule has 0 aromatic carbocycles. The Morgan fingerprint density at radius 3 is 3.05 bits per heavy atom. The van der Waals surface area contributed by atoms with Crippen LogP contribution in [-0.2, 0) is 11.3 Å². The molecule has 7 heteroatoms. The molecule has 0 aliphatic heterocycles. The summed E-state index contributed by atoms with van der Waals surface area (Å²) in [4.78, 5) is 24.2. The highest BCUT2D eigenvalue weighted by atomic mass is 16.5. The predicted octanol–water partition coefficient (Wildman–Crippen LogP) is 1.25. The number of rotatable bonds is 8. The molecule has 2 aromatic heterocycles. The molecule has 0 bridgehead atoms. The summed E-state index contributed by atoms with van der Waals surface area (Å²) in [6.45, 7) is 1.81. The Morgan fingerprint density at radius 1 is 1.36 bits per heavy atom. The summed E-state index contributed by atoms with van der Waals surface area (Å²) in [6, 6.07) is 5.36. The van der Waals surface area contributed by atoms with Gasteiger partial charge in [-0.15, -0.1) is 0 Å². The van der Waals surface area contributed by atoms with E-state index < -0.39 is 0 Å². The maximum absolute atomic E-state index is 12.1. The average Bonchev–Trinajstić information content (AvgIpc) is 2.58. The van der Waals surface area contributed by atoms with E-state index in [9.17, 15) is 4.79 Å². The highest BCUT2D eigenvalue weighted by molar-refractivity contribution is 5.92. The lowest BCUT2D eigenvalue weighted by Crippen LogP contribution is -2.24. The number of hydrogen-bond donors (Lipinski definition) is 2. The zero-order valence-corrected chi connectivity index (χ0v) is 12.5. The molecule has 1 amide bonds. The van der Waals surface area contributed by atoms with Gasteiger partial charge in [-0.05, 0) is 18.1 Å². The quantitative estimate of drug-likeness (QED) is 0.713. The zero-order valence-electron chi connectivity index (χ0n) is 12.5. The number of anilines is 1. The number of hydrogen-bond acceptors (Lipinski definition) is 6. The standard InChI is InChI=1S/C15H19N5O2/c1-22-7-3-6-17-14-8-13(19-11-20-14)15(21)18-10-12-4-2-5-16-9-12/h2,4-5,8-9,11H,3,6-7,10H2,1H3,(H,18,21)(H,17,19,20). The fraction of sp³-hybridized carbons (Fsp3) is 0.333. The van der Waals surface area contributed by atoms with E-state index >= 15 is 0 Å². The van der Waals surface area contributed by atoms with Crippen LogP contribution < -0.4 is 10.6 Å². The van der Waals surface area contributed by atoms with E-state index in [-0.39, 0.29) is 5.91 Å². The van der Waals surface area contributed by atoms with Crippen LogP contribution in [0.25, 0.3) is 0 Å². The third-order valence-corrected chi connectivity index (χ3v) is 2.91. The molecule has 0 saturated heterocycles. The molecular formula is C15H19N5O2. The molecule has 7 nitrogen and oxygen atoms in total. The molecule has 0 atom stereocenters. The summed E-state index contributed by atoms with van der Waals surface area (Å²) in [5, 5.41) is 5.93. The SMILES string of the molecule is COCCCNc1cc(C(=O)NCc2cccnc2)ncn1. The summed E-state index contributed by atoms with van der Waals surface area (Å²) in [6.07, 6.45) is 5.64. The van der Waals surface area contributed by atoms with Gasteiger partial charge in [0.25, 0.3) is 5.91 Å². The number of ether oxygens (including phenoxy) is 1. The molecule has 22 heavy (non-hydrogen) atoms. The van der Waals surface area contributed by atoms with Gasteiger partial charge in [-0.25, -0.2) is 9.97 Å². The van der Waals surface area contributed by atoms with Crippen molar-refractivity contribution in [2.75, 3.05) is 25.6 Å². The fourth-order valence-corrected chi connectivity index (χ4v) is 1.79. The Labute approximate surface area is 129 Å². The first kappa shape index (κ1) is 15.8. The highest BCUT2D eigenvalue weighted by Gasteiger charge is 2.08. The van der Waals surface area contributed by atoms with Crippen LogP contribution in [0.4, 0.5) is 5.82 Å². The predicted molar refractivity (Wildman–Crippen MR) is 82.4 cm³/mol. The van der Waals surface area contributed by atoms with Crippen LogP contribution in [0.15, 0.2) is 36.9 Å². The van der Waals surface area contributed by atoms with Gasteiger partial charge >= 0.3 is 0 Å². The van der Waals surface area contributed by atoms with Gasteiger partial charge in [0.2, 0.25) is 0 Å². The molecule has 0 unspecified atom stereocenters. The van der Waals surface area contributed by atoms with Gasteiger partial charge in [0.15, 0.2) is 0 Å². The lowest BCUT2D eigenvalue weighted by atomic mass is 10.3.